The van der Waals surface area contributed by atoms with Gasteiger partial charge in [0.15, 0.2) is 35.0 Å². The fourth-order valence-electron chi connectivity index (χ4n) is 13.7. The van der Waals surface area contributed by atoms with Crippen molar-refractivity contribution in [2.45, 2.75) is 126 Å². The van der Waals surface area contributed by atoms with E-state index in [1.807, 2.05) is 182 Å². The fraction of sp³-hybridized carbons (Fsp3) is 0.307. The predicted molar refractivity (Wildman–Crippen MR) is 406 cm³/mol. The zero-order chi connectivity index (χ0) is 77.7. The van der Waals surface area contributed by atoms with Crippen LogP contribution in [0.15, 0.2) is 243 Å². The van der Waals surface area contributed by atoms with Gasteiger partial charge in [-0.1, -0.05) is 229 Å². The number of ether oxygens (including phenoxy) is 12. The van der Waals surface area contributed by atoms with Gasteiger partial charge in [0, 0.05) is 48.2 Å². The summed E-state index contributed by atoms with van der Waals surface area (Å²) in [4.78, 5) is 13.4. The van der Waals surface area contributed by atoms with Crippen molar-refractivity contribution < 1.29 is 94.5 Å². The van der Waals surface area contributed by atoms with E-state index in [0.717, 1.165) is 33.4 Å². The summed E-state index contributed by atoms with van der Waals surface area (Å²) in [5.41, 5.74) is 2.76. The molecule has 10 aromatic carbocycles. The Morgan fingerprint density at radius 1 is 0.382 bits per heavy atom. The first-order valence-corrected chi connectivity index (χ1v) is 36.8. The third-order valence-electron chi connectivity index (χ3n) is 19.4. The molecule has 0 aliphatic carbocycles. The van der Waals surface area contributed by atoms with Crippen molar-refractivity contribution >= 4 is 29.5 Å². The minimum absolute atomic E-state index is 0.0314. The van der Waals surface area contributed by atoms with E-state index in [1.54, 1.807) is 50.2 Å². The molecule has 22 heteroatoms. The number of aliphatic hydroxyl groups is 3. The number of hydrogen-bond donors (Lipinski definition) is 3. The molecule has 0 aromatic heterocycles. The number of halogens is 6. The molecule has 2 aliphatic rings. The van der Waals surface area contributed by atoms with Gasteiger partial charge >= 0.3 is 0 Å². The van der Waals surface area contributed by atoms with E-state index in [4.69, 9.17) is 80.0 Å². The minimum Gasteiger partial charge on any atom is -0.491 e. The summed E-state index contributed by atoms with van der Waals surface area (Å²) in [6.07, 6.45) is -6.42. The molecule has 0 unspecified atom stereocenters. The highest BCUT2D eigenvalue weighted by molar-refractivity contribution is 6.31. The van der Waals surface area contributed by atoms with Crippen molar-refractivity contribution in [3.8, 4) is 11.5 Å². The lowest BCUT2D eigenvalue weighted by atomic mass is 9.80. The number of hydrogen-bond acceptors (Lipinski definition) is 16. The predicted octanol–water partition coefficient (Wildman–Crippen LogP) is 16.0. The number of rotatable bonds is 34. The average Bonchev–Trinajstić information content (AvgIpc) is 0.723. The molecular formula is C88H88Cl2F4O16. The minimum atomic E-state index is -2.04. The molecule has 9 atom stereocenters. The molecule has 0 bridgehead atoms. The number of carbonyl (C=O) groups is 1. The Balaban J connectivity index is 0.000000218. The molecule has 2 fully saturated rings. The van der Waals surface area contributed by atoms with Crippen LogP contribution in [0.5, 0.6) is 11.5 Å². The number of carbonyl (C=O) groups excluding carboxylic acids is 1. The molecule has 16 nitrogen and oxygen atoms in total. The molecule has 0 spiro atoms. The third kappa shape index (κ3) is 18.9. The van der Waals surface area contributed by atoms with Crippen LogP contribution in [0.25, 0.3) is 0 Å². The number of benzene rings is 10. The summed E-state index contributed by atoms with van der Waals surface area (Å²) in [6.45, 7) is 2.02. The second-order valence-electron chi connectivity index (χ2n) is 26.5. The highest BCUT2D eigenvalue weighted by atomic mass is 35.5. The Kier molecular flexibility index (Phi) is 29.1. The van der Waals surface area contributed by atoms with Crippen LogP contribution in [0.3, 0.4) is 0 Å². The third-order valence-corrected chi connectivity index (χ3v) is 20.1. The molecule has 2 saturated heterocycles. The summed E-state index contributed by atoms with van der Waals surface area (Å²) in [7, 11) is 2.81. The molecule has 3 N–H and O–H groups in total. The van der Waals surface area contributed by atoms with Gasteiger partial charge in [-0.05, 0) is 106 Å². The lowest BCUT2D eigenvalue weighted by Crippen LogP contribution is -2.72. The molecule has 2 heterocycles. The lowest BCUT2D eigenvalue weighted by molar-refractivity contribution is -0.417. The molecule has 2 aliphatic heterocycles. The van der Waals surface area contributed by atoms with Gasteiger partial charge in [0.25, 0.3) is 0 Å². The normalized spacial score (nSPS) is 21.5. The zero-order valence-corrected chi connectivity index (χ0v) is 62.8. The summed E-state index contributed by atoms with van der Waals surface area (Å²) in [6, 6.07) is 72.2. The van der Waals surface area contributed by atoms with Gasteiger partial charge < -0.3 is 72.2 Å². The molecule has 0 amide bonds. The van der Waals surface area contributed by atoms with Crippen molar-refractivity contribution in [1.29, 1.82) is 0 Å². The molecule has 0 saturated carbocycles. The first-order valence-electron chi connectivity index (χ1n) is 36.0. The van der Waals surface area contributed by atoms with Crippen LogP contribution in [0, 0.1) is 23.3 Å². The maximum atomic E-state index is 15.4. The zero-order valence-electron chi connectivity index (χ0n) is 61.2. The largest absolute Gasteiger partial charge is 0.491 e. The second kappa shape index (κ2) is 38.9. The fourth-order valence-corrected chi connectivity index (χ4v) is 14.1. The van der Waals surface area contributed by atoms with Crippen molar-refractivity contribution in [2.75, 3.05) is 47.3 Å². The van der Waals surface area contributed by atoms with E-state index in [-0.39, 0.29) is 98.4 Å². The smallest absolute Gasteiger partial charge is 0.225 e. The second-order valence-corrected chi connectivity index (χ2v) is 27.3. The highest BCUT2D eigenvalue weighted by Gasteiger charge is 2.66. The van der Waals surface area contributed by atoms with Crippen molar-refractivity contribution in [1.82, 2.24) is 0 Å². The van der Waals surface area contributed by atoms with Crippen molar-refractivity contribution in [3.63, 3.8) is 0 Å². The molecule has 110 heavy (non-hydrogen) atoms. The molecule has 10 aromatic rings. The van der Waals surface area contributed by atoms with Gasteiger partial charge in [0.1, 0.15) is 42.2 Å². The summed E-state index contributed by atoms with van der Waals surface area (Å²) in [5, 5.41) is 34.0. The summed E-state index contributed by atoms with van der Waals surface area (Å²) >= 11 is 13.4. The molecule has 12 rings (SSSR count). The van der Waals surface area contributed by atoms with Crippen molar-refractivity contribution in [2.24, 2.45) is 0 Å². The van der Waals surface area contributed by atoms with Crippen LogP contribution < -0.4 is 9.47 Å². The van der Waals surface area contributed by atoms with Crippen molar-refractivity contribution in [3.05, 3.63) is 343 Å². The topological polar surface area (TPSA) is 189 Å². The van der Waals surface area contributed by atoms with E-state index in [2.05, 4.69) is 0 Å². The Hall–Kier alpha value is -8.75. The SMILES string of the molecule is CCOc1ccc(Cc2cc([C@]3(OC)OC(CO)(CO)[C@@H](OCc4ccccc4)[C@H](OCc4ccccc4)[C@H]3OCc3ccccc3)ccc2Cl)c(F)c1F.CCOc1ccc(Cc2cc([C@]3(OC)O[C@@](C=O)(CO)[C@@H](OCc4ccccc4)[C@H](OCc4ccccc4)[C@H]3OCc3ccccc3)ccc2Cl)c(F)c1F. The van der Waals surface area contributed by atoms with Gasteiger partial charge in [-0.2, -0.15) is 8.78 Å². The van der Waals surface area contributed by atoms with E-state index >= 15 is 8.78 Å². The van der Waals surface area contributed by atoms with Gasteiger partial charge in [-0.3, -0.25) is 4.79 Å². The van der Waals surface area contributed by atoms with E-state index in [9.17, 15) is 28.9 Å². The molecular weight excluding hydrogens is 1460 g/mol. The quantitative estimate of drug-likeness (QED) is 0.0255. The van der Waals surface area contributed by atoms with Crippen LogP contribution in [0.1, 0.15) is 80.6 Å². The van der Waals surface area contributed by atoms with E-state index < -0.39 is 102 Å². The molecule has 578 valence electrons. The van der Waals surface area contributed by atoms with Gasteiger partial charge in [-0.25, -0.2) is 8.78 Å². The Morgan fingerprint density at radius 2 is 0.700 bits per heavy atom. The van der Waals surface area contributed by atoms with Crippen LogP contribution in [0.2, 0.25) is 10.0 Å². The van der Waals surface area contributed by atoms with Gasteiger partial charge in [-0.15, -0.1) is 0 Å². The van der Waals surface area contributed by atoms with Crippen LogP contribution in [0.4, 0.5) is 17.6 Å². The maximum Gasteiger partial charge on any atom is 0.225 e. The number of aldehydes is 1. The first-order chi connectivity index (χ1) is 53.5. The standard InChI is InChI=1S/C44H45ClF2O8.C44H43ClF2O8/c2*1-3-51-37-22-19-33(38(46)39(37)47)23-34-24-35(20-21-36(34)45)44(50-2)42(54-27-32-17-11-6-12-18-32)40(52-25-30-13-7-4-8-14-30)41(43(28-48,29-49)55-44)53-26-31-15-9-5-10-16-31/h4-22,24,40-42,48-49H,3,23,25-29H2,1-2H3;4-22,24,28,40-42,49H,3,23,25-27,29H2,1-2H3/t40-,41-,42+,44-;40-,41-,42+,43-,44-/m00/s1. The number of methoxy groups -OCH3 is 2. The highest BCUT2D eigenvalue weighted by Crippen LogP contribution is 2.51. The Morgan fingerprint density at radius 3 is 1.02 bits per heavy atom. The monoisotopic (exact) mass is 1550 g/mol. The lowest BCUT2D eigenvalue weighted by Gasteiger charge is -2.56. The van der Waals surface area contributed by atoms with Crippen LogP contribution in [-0.4, -0.2) is 117 Å². The van der Waals surface area contributed by atoms with E-state index in [1.165, 1.54) is 38.5 Å². The summed E-state index contributed by atoms with van der Waals surface area (Å²) < 4.78 is 137. The maximum absolute atomic E-state index is 15.4. The van der Waals surface area contributed by atoms with Gasteiger partial charge in [0.2, 0.25) is 23.2 Å². The van der Waals surface area contributed by atoms with E-state index in [0.29, 0.717) is 28.5 Å². The van der Waals surface area contributed by atoms with Crippen LogP contribution in [-0.2, 0) is 116 Å². The average molecular weight is 1550 g/mol. The Bertz CT molecular complexity index is 4550. The van der Waals surface area contributed by atoms with Gasteiger partial charge in [0.05, 0.1) is 72.7 Å². The first kappa shape index (κ1) is 82.2. The Labute approximate surface area is 647 Å². The van der Waals surface area contributed by atoms with Crippen LogP contribution >= 0.6 is 23.2 Å². The number of aliphatic hydroxyl groups excluding tert-OH is 3. The summed E-state index contributed by atoms with van der Waals surface area (Å²) in [5.74, 6) is -8.55. The molecule has 0 radical (unpaired) electrons.